The highest BCUT2D eigenvalue weighted by atomic mass is 35.5. The summed E-state index contributed by atoms with van der Waals surface area (Å²) in [4.78, 5) is 11.0. The van der Waals surface area contributed by atoms with Crippen molar-refractivity contribution in [1.29, 1.82) is 0 Å². The monoisotopic (exact) mass is 284 g/mol. The van der Waals surface area contributed by atoms with Crippen LogP contribution < -0.4 is 5.32 Å². The molecule has 5 heteroatoms. The van der Waals surface area contributed by atoms with E-state index in [1.165, 1.54) is 6.42 Å². The van der Waals surface area contributed by atoms with Gasteiger partial charge in [-0.15, -0.1) is 0 Å². The first-order valence-electron chi connectivity index (χ1n) is 6.96. The number of rotatable bonds is 8. The Morgan fingerprint density at radius 2 is 1.95 bits per heavy atom. The lowest BCUT2D eigenvalue weighted by molar-refractivity contribution is 0.396. The van der Waals surface area contributed by atoms with E-state index >= 15 is 0 Å². The number of aryl methyl sites for hydroxylation is 1. The van der Waals surface area contributed by atoms with Gasteiger partial charge in [0.1, 0.15) is 16.8 Å². The smallest absolute Gasteiger partial charge is 0.137 e. The van der Waals surface area contributed by atoms with E-state index in [-0.39, 0.29) is 0 Å². The highest BCUT2D eigenvalue weighted by molar-refractivity contribution is 6.30. The molecule has 0 bridgehead atoms. The second kappa shape index (κ2) is 8.33. The molecule has 4 nitrogen and oxygen atoms in total. The van der Waals surface area contributed by atoms with Crippen molar-refractivity contribution < 1.29 is 0 Å². The van der Waals surface area contributed by atoms with E-state index in [0.29, 0.717) is 5.15 Å². The molecule has 0 saturated heterocycles. The summed E-state index contributed by atoms with van der Waals surface area (Å²) in [5.41, 5.74) is 0.939. The molecule has 1 heterocycles. The Balaban J connectivity index is 2.52. The van der Waals surface area contributed by atoms with Gasteiger partial charge in [-0.25, -0.2) is 9.97 Å². The lowest BCUT2D eigenvalue weighted by Gasteiger charge is -2.12. The number of hydrogen-bond donors (Lipinski definition) is 1. The molecule has 0 atom stereocenters. The van der Waals surface area contributed by atoms with Crippen LogP contribution in [-0.2, 0) is 6.42 Å². The third-order valence-electron chi connectivity index (χ3n) is 2.93. The Morgan fingerprint density at radius 3 is 2.58 bits per heavy atom. The van der Waals surface area contributed by atoms with Gasteiger partial charge in [-0.2, -0.15) is 0 Å². The van der Waals surface area contributed by atoms with Crippen molar-refractivity contribution in [3.05, 3.63) is 16.5 Å². The van der Waals surface area contributed by atoms with Crippen LogP contribution in [0.4, 0.5) is 5.82 Å². The van der Waals surface area contributed by atoms with Gasteiger partial charge in [0, 0.05) is 18.5 Å². The highest BCUT2D eigenvalue weighted by Crippen LogP contribution is 2.20. The van der Waals surface area contributed by atoms with Crippen LogP contribution in [0.25, 0.3) is 0 Å². The molecule has 1 aromatic heterocycles. The second-order valence-electron chi connectivity index (χ2n) is 5.09. The maximum Gasteiger partial charge on any atom is 0.137 e. The number of nitrogens with zero attached hydrogens (tertiary/aromatic N) is 3. The van der Waals surface area contributed by atoms with Crippen molar-refractivity contribution in [3.8, 4) is 0 Å². The van der Waals surface area contributed by atoms with E-state index in [1.54, 1.807) is 0 Å². The van der Waals surface area contributed by atoms with Gasteiger partial charge in [0.25, 0.3) is 0 Å². The predicted molar refractivity (Wildman–Crippen MR) is 82.1 cm³/mol. The molecule has 1 N–H and O–H groups in total. The minimum absolute atomic E-state index is 0.564. The maximum atomic E-state index is 6.14. The first-order chi connectivity index (χ1) is 9.04. The lowest BCUT2D eigenvalue weighted by atomic mass is 10.2. The molecular formula is C14H25ClN4. The Bertz CT molecular complexity index is 393. The highest BCUT2D eigenvalue weighted by Gasteiger charge is 2.08. The summed E-state index contributed by atoms with van der Waals surface area (Å²) in [6.07, 6.45) is 4.21. The molecule has 0 aliphatic rings. The van der Waals surface area contributed by atoms with Crippen LogP contribution in [-0.4, -0.2) is 42.1 Å². The Morgan fingerprint density at radius 1 is 1.21 bits per heavy atom. The molecule has 0 radical (unpaired) electrons. The van der Waals surface area contributed by atoms with E-state index in [4.69, 9.17) is 11.6 Å². The standard InChI is InChI=1S/C14H25ClN4/c1-5-8-12-17-13(15)11(2)14(18-12)16-9-6-7-10-19(3)4/h5-10H2,1-4H3,(H,16,17,18). The average molecular weight is 285 g/mol. The molecule has 0 amide bonds. The number of nitrogens with one attached hydrogen (secondary N) is 1. The summed E-state index contributed by atoms with van der Waals surface area (Å²) < 4.78 is 0. The van der Waals surface area contributed by atoms with Crippen LogP contribution in [0.2, 0.25) is 5.15 Å². The minimum atomic E-state index is 0.564. The van der Waals surface area contributed by atoms with E-state index < -0.39 is 0 Å². The fourth-order valence-corrected chi connectivity index (χ4v) is 1.99. The van der Waals surface area contributed by atoms with Gasteiger partial charge < -0.3 is 10.2 Å². The number of hydrogen-bond acceptors (Lipinski definition) is 4. The SMILES string of the molecule is CCCc1nc(Cl)c(C)c(NCCCCN(C)C)n1. The fraction of sp³-hybridized carbons (Fsp3) is 0.714. The summed E-state index contributed by atoms with van der Waals surface area (Å²) in [5.74, 6) is 1.71. The van der Waals surface area contributed by atoms with Crippen molar-refractivity contribution >= 4 is 17.4 Å². The van der Waals surface area contributed by atoms with Gasteiger partial charge in [0.15, 0.2) is 0 Å². The van der Waals surface area contributed by atoms with E-state index in [0.717, 1.165) is 49.6 Å². The van der Waals surface area contributed by atoms with Crippen LogP contribution in [0.15, 0.2) is 0 Å². The fourth-order valence-electron chi connectivity index (χ4n) is 1.80. The number of halogens is 1. The van der Waals surface area contributed by atoms with Crippen LogP contribution in [0.3, 0.4) is 0 Å². The molecule has 0 saturated carbocycles. The number of aromatic nitrogens is 2. The van der Waals surface area contributed by atoms with Gasteiger partial charge in [-0.05, 0) is 46.8 Å². The van der Waals surface area contributed by atoms with Crippen molar-refractivity contribution in [2.45, 2.75) is 39.5 Å². The van der Waals surface area contributed by atoms with Crippen molar-refractivity contribution in [3.63, 3.8) is 0 Å². The molecule has 1 rings (SSSR count). The molecule has 0 aliphatic carbocycles. The topological polar surface area (TPSA) is 41.1 Å². The van der Waals surface area contributed by atoms with E-state index in [1.807, 2.05) is 6.92 Å². The zero-order valence-electron chi connectivity index (χ0n) is 12.5. The molecule has 1 aromatic rings. The summed E-state index contributed by atoms with van der Waals surface area (Å²) in [6, 6.07) is 0. The quantitative estimate of drug-likeness (QED) is 0.588. The largest absolute Gasteiger partial charge is 0.370 e. The molecule has 0 fully saturated rings. The minimum Gasteiger partial charge on any atom is -0.370 e. The first-order valence-corrected chi connectivity index (χ1v) is 7.34. The summed E-state index contributed by atoms with van der Waals surface area (Å²) in [6.45, 7) is 6.12. The maximum absolute atomic E-state index is 6.14. The average Bonchev–Trinajstić information content (AvgIpc) is 2.34. The zero-order chi connectivity index (χ0) is 14.3. The molecule has 0 aromatic carbocycles. The van der Waals surface area contributed by atoms with Crippen molar-refractivity contribution in [2.75, 3.05) is 32.5 Å². The summed E-state index contributed by atoms with van der Waals surface area (Å²) >= 11 is 6.14. The Labute approximate surface area is 121 Å². The third kappa shape index (κ3) is 5.74. The molecular weight excluding hydrogens is 260 g/mol. The van der Waals surface area contributed by atoms with E-state index in [2.05, 4.69) is 41.2 Å². The van der Waals surface area contributed by atoms with Gasteiger partial charge in [0.05, 0.1) is 0 Å². The molecule has 19 heavy (non-hydrogen) atoms. The second-order valence-corrected chi connectivity index (χ2v) is 5.45. The Hall–Kier alpha value is -0.870. The van der Waals surface area contributed by atoms with Crippen LogP contribution in [0.1, 0.15) is 37.6 Å². The van der Waals surface area contributed by atoms with E-state index in [9.17, 15) is 0 Å². The summed E-state index contributed by atoms with van der Waals surface area (Å²) in [7, 11) is 4.19. The van der Waals surface area contributed by atoms with Crippen LogP contribution in [0, 0.1) is 6.92 Å². The molecule has 0 unspecified atom stereocenters. The first kappa shape index (κ1) is 16.2. The zero-order valence-corrected chi connectivity index (χ0v) is 13.2. The van der Waals surface area contributed by atoms with Crippen molar-refractivity contribution in [2.24, 2.45) is 0 Å². The summed E-state index contributed by atoms with van der Waals surface area (Å²) in [5, 5.41) is 3.94. The van der Waals surface area contributed by atoms with Crippen LogP contribution >= 0.6 is 11.6 Å². The molecule has 0 aliphatic heterocycles. The number of anilines is 1. The number of unbranched alkanes of at least 4 members (excludes halogenated alkanes) is 1. The van der Waals surface area contributed by atoms with Gasteiger partial charge in [-0.1, -0.05) is 18.5 Å². The predicted octanol–water partition coefficient (Wildman–Crippen LogP) is 3.14. The van der Waals surface area contributed by atoms with Crippen LogP contribution in [0.5, 0.6) is 0 Å². The molecule has 0 spiro atoms. The van der Waals surface area contributed by atoms with Gasteiger partial charge >= 0.3 is 0 Å². The third-order valence-corrected chi connectivity index (χ3v) is 3.30. The van der Waals surface area contributed by atoms with Gasteiger partial charge in [-0.3, -0.25) is 0 Å². The molecule has 108 valence electrons. The lowest BCUT2D eigenvalue weighted by Crippen LogP contribution is -2.15. The van der Waals surface area contributed by atoms with Crippen molar-refractivity contribution in [1.82, 2.24) is 14.9 Å². The Kier molecular flexibility index (Phi) is 7.10. The van der Waals surface area contributed by atoms with Gasteiger partial charge in [0.2, 0.25) is 0 Å². The normalized spacial score (nSPS) is 11.1.